The van der Waals surface area contributed by atoms with E-state index in [4.69, 9.17) is 16.3 Å². The Morgan fingerprint density at radius 3 is 2.71 bits per heavy atom. The molecule has 0 unspecified atom stereocenters. The predicted molar refractivity (Wildman–Crippen MR) is 82.2 cm³/mol. The fourth-order valence-corrected chi connectivity index (χ4v) is 3.08. The molecule has 1 amide bonds. The van der Waals surface area contributed by atoms with Gasteiger partial charge in [-0.3, -0.25) is 14.9 Å². The maximum absolute atomic E-state index is 12.4. The van der Waals surface area contributed by atoms with E-state index in [1.807, 2.05) is 0 Å². The van der Waals surface area contributed by atoms with Crippen LogP contribution in [0.1, 0.15) is 23.2 Å². The van der Waals surface area contributed by atoms with E-state index in [0.29, 0.717) is 31.4 Å². The molecule has 0 spiro atoms. The molecule has 0 aliphatic carbocycles. The lowest BCUT2D eigenvalue weighted by atomic mass is 9.92. The summed E-state index contributed by atoms with van der Waals surface area (Å²) >= 11 is 9.15. The van der Waals surface area contributed by atoms with Gasteiger partial charge in [0.05, 0.1) is 10.5 Å². The first-order valence-corrected chi connectivity index (χ1v) is 7.87. The first-order valence-electron chi connectivity index (χ1n) is 6.38. The predicted octanol–water partition coefficient (Wildman–Crippen LogP) is 2.92. The molecule has 8 heteroatoms. The van der Waals surface area contributed by atoms with Gasteiger partial charge in [-0.15, -0.1) is 0 Å². The molecule has 1 aliphatic rings. The average Bonchev–Trinajstić information content (AvgIpc) is 2.47. The summed E-state index contributed by atoms with van der Waals surface area (Å²) < 4.78 is 5.29. The molecule has 1 N–H and O–H groups in total. The minimum Gasteiger partial charge on any atom is -0.381 e. The summed E-state index contributed by atoms with van der Waals surface area (Å²) in [7, 11) is 0. The van der Waals surface area contributed by atoms with Crippen LogP contribution < -0.4 is 5.32 Å². The molecule has 1 heterocycles. The van der Waals surface area contributed by atoms with Crippen molar-refractivity contribution in [2.24, 2.45) is 0 Å². The third-order valence-corrected chi connectivity index (χ3v) is 4.79. The van der Waals surface area contributed by atoms with Crippen LogP contribution in [-0.4, -0.2) is 34.9 Å². The standard InChI is InChI=1S/C13H14BrClN2O4/c14-8-13(3-5-21-6-4-13)16-12(18)10-2-1-9(15)7-11(10)17(19)20/h1-2,7H,3-6,8H2,(H,16,18). The van der Waals surface area contributed by atoms with Gasteiger partial charge in [-0.1, -0.05) is 27.5 Å². The molecule has 1 saturated heterocycles. The van der Waals surface area contributed by atoms with Crippen LogP contribution in [0.25, 0.3) is 0 Å². The van der Waals surface area contributed by atoms with Crippen LogP contribution in [-0.2, 0) is 4.74 Å². The van der Waals surface area contributed by atoms with E-state index in [1.54, 1.807) is 0 Å². The summed E-state index contributed by atoms with van der Waals surface area (Å²) in [6.45, 7) is 1.10. The van der Waals surface area contributed by atoms with Gasteiger partial charge in [0.2, 0.25) is 0 Å². The Balaban J connectivity index is 2.25. The lowest BCUT2D eigenvalue weighted by Crippen LogP contribution is -2.53. The number of alkyl halides is 1. The van der Waals surface area contributed by atoms with Crippen molar-refractivity contribution in [2.45, 2.75) is 18.4 Å². The number of carbonyl (C=O) groups is 1. The van der Waals surface area contributed by atoms with Crippen LogP contribution in [0.2, 0.25) is 5.02 Å². The summed E-state index contributed by atoms with van der Waals surface area (Å²) in [6, 6.07) is 4.02. The van der Waals surface area contributed by atoms with E-state index in [2.05, 4.69) is 21.2 Å². The second-order valence-corrected chi connectivity index (χ2v) is 5.90. The van der Waals surface area contributed by atoms with Crippen molar-refractivity contribution < 1.29 is 14.5 Å². The van der Waals surface area contributed by atoms with Crippen molar-refractivity contribution in [1.82, 2.24) is 5.32 Å². The van der Waals surface area contributed by atoms with E-state index in [0.717, 1.165) is 0 Å². The maximum atomic E-state index is 12.4. The SMILES string of the molecule is O=C(NC1(CBr)CCOCC1)c1ccc(Cl)cc1[N+](=O)[O-]. The lowest BCUT2D eigenvalue weighted by Gasteiger charge is -2.36. The Bertz CT molecular complexity index is 561. The first-order chi connectivity index (χ1) is 9.97. The van der Waals surface area contributed by atoms with Crippen molar-refractivity contribution in [3.63, 3.8) is 0 Å². The van der Waals surface area contributed by atoms with Gasteiger partial charge in [0.1, 0.15) is 5.56 Å². The van der Waals surface area contributed by atoms with Crippen LogP contribution in [0.3, 0.4) is 0 Å². The number of nitro benzene ring substituents is 1. The molecule has 1 aromatic carbocycles. The average molecular weight is 378 g/mol. The second kappa shape index (κ2) is 6.72. The number of halogens is 2. The number of nitrogens with zero attached hydrogens (tertiary/aromatic N) is 1. The number of hydrogen-bond donors (Lipinski definition) is 1. The third kappa shape index (κ3) is 3.72. The number of carbonyl (C=O) groups excluding carboxylic acids is 1. The number of ether oxygens (including phenoxy) is 1. The number of nitrogens with one attached hydrogen (secondary N) is 1. The Labute approximate surface area is 135 Å². The summed E-state index contributed by atoms with van der Waals surface area (Å²) in [6.07, 6.45) is 1.32. The molecular formula is C13H14BrClN2O4. The molecular weight excluding hydrogens is 364 g/mol. The molecule has 1 fully saturated rings. The first kappa shape index (κ1) is 16.2. The highest BCUT2D eigenvalue weighted by Crippen LogP contribution is 2.27. The third-order valence-electron chi connectivity index (χ3n) is 3.49. The van der Waals surface area contributed by atoms with Crippen molar-refractivity contribution >= 4 is 39.1 Å². The van der Waals surface area contributed by atoms with Gasteiger partial charge in [0.25, 0.3) is 11.6 Å². The molecule has 114 valence electrons. The molecule has 0 bridgehead atoms. The van der Waals surface area contributed by atoms with Gasteiger partial charge < -0.3 is 10.1 Å². The van der Waals surface area contributed by atoms with Crippen molar-refractivity contribution in [2.75, 3.05) is 18.5 Å². The van der Waals surface area contributed by atoms with E-state index >= 15 is 0 Å². The summed E-state index contributed by atoms with van der Waals surface area (Å²) in [5.74, 6) is -0.472. The Hall–Kier alpha value is -1.18. The van der Waals surface area contributed by atoms with E-state index in [9.17, 15) is 14.9 Å². The number of nitro groups is 1. The molecule has 0 radical (unpaired) electrons. The topological polar surface area (TPSA) is 81.5 Å². The van der Waals surface area contributed by atoms with Gasteiger partial charge in [-0.05, 0) is 25.0 Å². The van der Waals surface area contributed by atoms with Gasteiger partial charge in [0, 0.05) is 29.6 Å². The second-order valence-electron chi connectivity index (χ2n) is 4.90. The summed E-state index contributed by atoms with van der Waals surface area (Å²) in [5.41, 5.74) is -0.726. The fourth-order valence-electron chi connectivity index (χ4n) is 2.21. The van der Waals surface area contributed by atoms with Gasteiger partial charge in [0.15, 0.2) is 0 Å². The highest BCUT2D eigenvalue weighted by atomic mass is 79.9. The zero-order valence-corrected chi connectivity index (χ0v) is 13.4. The van der Waals surface area contributed by atoms with Gasteiger partial charge in [-0.25, -0.2) is 0 Å². The number of amides is 1. The lowest BCUT2D eigenvalue weighted by molar-refractivity contribution is -0.385. The Kier molecular flexibility index (Phi) is 5.18. The Morgan fingerprint density at radius 2 is 2.14 bits per heavy atom. The molecule has 0 aromatic heterocycles. The normalized spacial score (nSPS) is 17.2. The van der Waals surface area contributed by atoms with Crippen molar-refractivity contribution in [3.05, 3.63) is 38.9 Å². The van der Waals surface area contributed by atoms with Gasteiger partial charge >= 0.3 is 0 Å². The fraction of sp³-hybridized carbons (Fsp3) is 0.462. The number of rotatable bonds is 4. The van der Waals surface area contributed by atoms with Crippen molar-refractivity contribution in [3.8, 4) is 0 Å². The molecule has 1 aliphatic heterocycles. The molecule has 0 atom stereocenters. The van der Waals surface area contributed by atoms with Crippen LogP contribution in [0.4, 0.5) is 5.69 Å². The highest BCUT2D eigenvalue weighted by Gasteiger charge is 2.34. The molecule has 1 aromatic rings. The van der Waals surface area contributed by atoms with Crippen LogP contribution >= 0.6 is 27.5 Å². The Morgan fingerprint density at radius 1 is 1.48 bits per heavy atom. The molecule has 2 rings (SSSR count). The zero-order valence-electron chi connectivity index (χ0n) is 11.1. The van der Waals surface area contributed by atoms with Crippen LogP contribution in [0.5, 0.6) is 0 Å². The summed E-state index contributed by atoms with van der Waals surface area (Å²) in [5, 5.41) is 14.7. The molecule has 6 nitrogen and oxygen atoms in total. The van der Waals surface area contributed by atoms with E-state index < -0.39 is 16.4 Å². The molecule has 0 saturated carbocycles. The van der Waals surface area contributed by atoms with E-state index in [1.165, 1.54) is 18.2 Å². The quantitative estimate of drug-likeness (QED) is 0.497. The summed E-state index contributed by atoms with van der Waals surface area (Å²) in [4.78, 5) is 22.8. The van der Waals surface area contributed by atoms with E-state index in [-0.39, 0.29) is 16.3 Å². The maximum Gasteiger partial charge on any atom is 0.283 e. The highest BCUT2D eigenvalue weighted by molar-refractivity contribution is 9.09. The number of benzene rings is 1. The van der Waals surface area contributed by atoms with Crippen LogP contribution in [0.15, 0.2) is 18.2 Å². The van der Waals surface area contributed by atoms with Crippen molar-refractivity contribution in [1.29, 1.82) is 0 Å². The smallest absolute Gasteiger partial charge is 0.283 e. The monoisotopic (exact) mass is 376 g/mol. The minimum absolute atomic E-state index is 0.0104. The van der Waals surface area contributed by atoms with Gasteiger partial charge in [-0.2, -0.15) is 0 Å². The molecule has 21 heavy (non-hydrogen) atoms. The number of hydrogen-bond acceptors (Lipinski definition) is 4. The zero-order chi connectivity index (χ0) is 15.5. The minimum atomic E-state index is -0.606. The van der Waals surface area contributed by atoms with Crippen LogP contribution in [0, 0.1) is 10.1 Å². The largest absolute Gasteiger partial charge is 0.381 e.